The summed E-state index contributed by atoms with van der Waals surface area (Å²) in [6.07, 6.45) is 1.87. The smallest absolute Gasteiger partial charge is 0.264 e. The summed E-state index contributed by atoms with van der Waals surface area (Å²) in [5, 5.41) is 3.00. The van der Waals surface area contributed by atoms with E-state index in [4.69, 9.17) is 14.2 Å². The van der Waals surface area contributed by atoms with Gasteiger partial charge in [0.2, 0.25) is 11.8 Å². The second kappa shape index (κ2) is 17.2. The number of ether oxygens (including phenoxy) is 3. The Morgan fingerprint density at radius 3 is 2.10 bits per heavy atom. The van der Waals surface area contributed by atoms with E-state index in [9.17, 15) is 18.0 Å². The summed E-state index contributed by atoms with van der Waals surface area (Å²) in [6, 6.07) is 28.2. The molecule has 0 radical (unpaired) electrons. The summed E-state index contributed by atoms with van der Waals surface area (Å²) in [5.41, 5.74) is 1.74. The van der Waals surface area contributed by atoms with Gasteiger partial charge in [-0.05, 0) is 66.1 Å². The molecule has 0 saturated heterocycles. The lowest BCUT2D eigenvalue weighted by molar-refractivity contribution is -0.140. The molecule has 4 aromatic carbocycles. The minimum atomic E-state index is -4.32. The molecule has 0 fully saturated rings. The van der Waals surface area contributed by atoms with Gasteiger partial charge < -0.3 is 24.4 Å². The maximum Gasteiger partial charge on any atom is 0.264 e. The number of hydrogen-bond acceptors (Lipinski definition) is 7. The van der Waals surface area contributed by atoms with Crippen LogP contribution in [0.3, 0.4) is 0 Å². The molecule has 10 nitrogen and oxygen atoms in total. The highest BCUT2D eigenvalue weighted by molar-refractivity contribution is 7.92. The number of carbonyl (C=O) groups is 2. The normalized spacial score (nSPS) is 11.7. The Morgan fingerprint density at radius 1 is 0.771 bits per heavy atom. The fourth-order valence-electron chi connectivity index (χ4n) is 5.25. The number of hydrogen-bond donors (Lipinski definition) is 1. The van der Waals surface area contributed by atoms with E-state index in [0.717, 1.165) is 22.7 Å². The summed E-state index contributed by atoms with van der Waals surface area (Å²) in [7, 11) is 0.161. The largest absolute Gasteiger partial charge is 0.497 e. The van der Waals surface area contributed by atoms with E-state index in [1.807, 2.05) is 43.3 Å². The lowest BCUT2D eigenvalue weighted by Crippen LogP contribution is -2.53. The van der Waals surface area contributed by atoms with E-state index in [2.05, 4.69) is 5.32 Å². The minimum absolute atomic E-state index is 0.0249. The van der Waals surface area contributed by atoms with Crippen LogP contribution in [0.5, 0.6) is 17.2 Å². The molecule has 0 spiro atoms. The van der Waals surface area contributed by atoms with Crippen molar-refractivity contribution in [2.45, 2.75) is 43.7 Å². The van der Waals surface area contributed by atoms with Crippen molar-refractivity contribution in [3.63, 3.8) is 0 Å². The molecule has 1 N–H and O–H groups in total. The maximum absolute atomic E-state index is 14.7. The molecular weight excluding hydrogens is 630 g/mol. The van der Waals surface area contributed by atoms with E-state index < -0.39 is 28.5 Å². The molecule has 4 aromatic rings. The summed E-state index contributed by atoms with van der Waals surface area (Å²) in [5.74, 6) is 0.429. The van der Waals surface area contributed by atoms with Crippen LogP contribution in [-0.4, -0.2) is 65.6 Å². The average molecular weight is 674 g/mol. The topological polar surface area (TPSA) is 114 Å². The third-order valence-electron chi connectivity index (χ3n) is 7.87. The van der Waals surface area contributed by atoms with Crippen LogP contribution in [0.15, 0.2) is 108 Å². The third-order valence-corrected chi connectivity index (χ3v) is 9.64. The van der Waals surface area contributed by atoms with E-state index in [0.29, 0.717) is 23.6 Å². The maximum atomic E-state index is 14.7. The molecule has 0 aliphatic rings. The van der Waals surface area contributed by atoms with Gasteiger partial charge in [0, 0.05) is 19.5 Å². The summed E-state index contributed by atoms with van der Waals surface area (Å²) < 4.78 is 45.9. The second-order valence-corrected chi connectivity index (χ2v) is 12.9. The molecule has 0 aliphatic heterocycles. The van der Waals surface area contributed by atoms with Gasteiger partial charge in [-0.25, -0.2) is 8.42 Å². The highest BCUT2D eigenvalue weighted by Crippen LogP contribution is 2.33. The van der Waals surface area contributed by atoms with Crippen LogP contribution in [-0.2, 0) is 32.6 Å². The number of unbranched alkanes of at least 4 members (excludes halogenated alkanes) is 1. The molecule has 48 heavy (non-hydrogen) atoms. The standard InChI is InChI=1S/C37H43N3O7S/c1-5-6-23-38-37(42)34(25-28-13-8-7-9-14-28)39(26-29-15-12-16-31(24-29)46-3)36(41)27-40(33-17-10-11-18-35(33)47-4)48(43,44)32-21-19-30(45-2)20-22-32/h7-22,24,34H,5-6,23,25-27H2,1-4H3,(H,38,42). The Kier molecular flexibility index (Phi) is 12.8. The van der Waals surface area contributed by atoms with Crippen LogP contribution in [0.2, 0.25) is 0 Å². The van der Waals surface area contributed by atoms with Crippen molar-refractivity contribution < 1.29 is 32.2 Å². The predicted octanol–water partition coefficient (Wildman–Crippen LogP) is 5.46. The fourth-order valence-corrected chi connectivity index (χ4v) is 6.68. The number of sulfonamides is 1. The molecule has 0 aliphatic carbocycles. The molecular formula is C37H43N3O7S. The van der Waals surface area contributed by atoms with Gasteiger partial charge in [-0.15, -0.1) is 0 Å². The van der Waals surface area contributed by atoms with Gasteiger partial charge in [0.1, 0.15) is 29.8 Å². The summed E-state index contributed by atoms with van der Waals surface area (Å²) in [6.45, 7) is 1.90. The number of benzene rings is 4. The SMILES string of the molecule is CCCCNC(=O)C(Cc1ccccc1)N(Cc1cccc(OC)c1)C(=O)CN(c1ccccc1OC)S(=O)(=O)c1ccc(OC)cc1. The number of amides is 2. The van der Waals surface area contributed by atoms with Crippen LogP contribution >= 0.6 is 0 Å². The summed E-state index contributed by atoms with van der Waals surface area (Å²) in [4.78, 5) is 30.0. The Balaban J connectivity index is 1.82. The molecule has 11 heteroatoms. The zero-order valence-electron chi connectivity index (χ0n) is 27.8. The first-order chi connectivity index (χ1) is 23.2. The molecule has 2 amide bonds. The Morgan fingerprint density at radius 2 is 1.44 bits per heavy atom. The van der Waals surface area contributed by atoms with Crippen molar-refractivity contribution in [1.82, 2.24) is 10.2 Å². The Labute approximate surface area is 283 Å². The zero-order valence-corrected chi connectivity index (χ0v) is 28.6. The van der Waals surface area contributed by atoms with Crippen LogP contribution in [0.25, 0.3) is 0 Å². The van der Waals surface area contributed by atoms with Gasteiger partial charge in [0.05, 0.1) is 31.9 Å². The van der Waals surface area contributed by atoms with Gasteiger partial charge in [0.25, 0.3) is 10.0 Å². The van der Waals surface area contributed by atoms with Gasteiger partial charge in [-0.1, -0.05) is 67.9 Å². The van der Waals surface area contributed by atoms with Crippen molar-refractivity contribution in [1.29, 1.82) is 0 Å². The third kappa shape index (κ3) is 9.07. The van der Waals surface area contributed by atoms with Crippen molar-refractivity contribution in [3.05, 3.63) is 114 Å². The molecule has 1 unspecified atom stereocenters. The van der Waals surface area contributed by atoms with E-state index in [1.165, 1.54) is 31.3 Å². The Bertz CT molecular complexity index is 1750. The van der Waals surface area contributed by atoms with Crippen molar-refractivity contribution in [2.75, 3.05) is 38.7 Å². The van der Waals surface area contributed by atoms with Gasteiger partial charge in [-0.2, -0.15) is 0 Å². The monoisotopic (exact) mass is 673 g/mol. The number of nitrogens with zero attached hydrogens (tertiary/aromatic N) is 2. The first-order valence-corrected chi connectivity index (χ1v) is 17.2. The first kappa shape index (κ1) is 35.8. The fraction of sp³-hybridized carbons (Fsp3) is 0.297. The van der Waals surface area contributed by atoms with Gasteiger partial charge >= 0.3 is 0 Å². The Hall–Kier alpha value is -5.03. The molecule has 0 heterocycles. The zero-order chi connectivity index (χ0) is 34.5. The summed E-state index contributed by atoms with van der Waals surface area (Å²) >= 11 is 0. The second-order valence-electron chi connectivity index (χ2n) is 11.1. The highest BCUT2D eigenvalue weighted by atomic mass is 32.2. The lowest BCUT2D eigenvalue weighted by atomic mass is 10.0. The minimum Gasteiger partial charge on any atom is -0.497 e. The predicted molar refractivity (Wildman–Crippen MR) is 186 cm³/mol. The van der Waals surface area contributed by atoms with Crippen LogP contribution in [0, 0.1) is 0 Å². The molecule has 254 valence electrons. The highest BCUT2D eigenvalue weighted by Gasteiger charge is 2.35. The van der Waals surface area contributed by atoms with E-state index >= 15 is 0 Å². The quantitative estimate of drug-likeness (QED) is 0.148. The first-order valence-electron chi connectivity index (χ1n) is 15.8. The van der Waals surface area contributed by atoms with E-state index in [-0.39, 0.29) is 35.2 Å². The number of nitrogens with one attached hydrogen (secondary N) is 1. The molecule has 0 saturated carbocycles. The van der Waals surface area contributed by atoms with Gasteiger partial charge in [-0.3, -0.25) is 13.9 Å². The molecule has 4 rings (SSSR count). The lowest BCUT2D eigenvalue weighted by Gasteiger charge is -2.34. The molecule has 0 bridgehead atoms. The van der Waals surface area contributed by atoms with Crippen LogP contribution in [0.1, 0.15) is 30.9 Å². The van der Waals surface area contributed by atoms with Crippen molar-refractivity contribution >= 4 is 27.5 Å². The van der Waals surface area contributed by atoms with Crippen molar-refractivity contribution in [3.8, 4) is 17.2 Å². The molecule has 1 atom stereocenters. The number of rotatable bonds is 17. The van der Waals surface area contributed by atoms with Crippen LogP contribution in [0.4, 0.5) is 5.69 Å². The van der Waals surface area contributed by atoms with E-state index in [1.54, 1.807) is 61.7 Å². The number of anilines is 1. The number of methoxy groups -OCH3 is 3. The van der Waals surface area contributed by atoms with Crippen LogP contribution < -0.4 is 23.8 Å². The van der Waals surface area contributed by atoms with Crippen molar-refractivity contribution in [2.24, 2.45) is 0 Å². The number of carbonyl (C=O) groups excluding carboxylic acids is 2. The average Bonchev–Trinajstić information content (AvgIpc) is 3.12. The number of para-hydroxylation sites is 2. The van der Waals surface area contributed by atoms with Gasteiger partial charge in [0.15, 0.2) is 0 Å². The molecule has 0 aromatic heterocycles.